The van der Waals surface area contributed by atoms with Gasteiger partial charge >= 0.3 is 0 Å². The largest absolute Gasteiger partial charge is 0.487 e. The predicted molar refractivity (Wildman–Crippen MR) is 58.5 cm³/mol. The summed E-state index contributed by atoms with van der Waals surface area (Å²) in [6.07, 6.45) is 1.48. The van der Waals surface area contributed by atoms with E-state index in [1.807, 2.05) is 0 Å². The van der Waals surface area contributed by atoms with Gasteiger partial charge in [0.25, 0.3) is 0 Å². The number of aryl methyl sites for hydroxylation is 1. The molecule has 0 aromatic heterocycles. The van der Waals surface area contributed by atoms with Crippen LogP contribution in [0.3, 0.4) is 0 Å². The normalized spacial score (nSPS) is 17.6. The quantitative estimate of drug-likeness (QED) is 0.919. The van der Waals surface area contributed by atoms with Crippen LogP contribution in [0.1, 0.15) is 18.4 Å². The van der Waals surface area contributed by atoms with Crippen LogP contribution in [0.4, 0.5) is 4.39 Å². The minimum atomic E-state index is -0.716. The average molecular weight is 275 g/mol. The molecule has 4 heteroatoms. The SMILES string of the molecule is Cc1cc(Br)cc(F)c1OCC1(O)CC1. The Kier molecular flexibility index (Phi) is 2.73. The van der Waals surface area contributed by atoms with Crippen molar-refractivity contribution in [2.24, 2.45) is 0 Å². The Hall–Kier alpha value is -0.610. The molecular weight excluding hydrogens is 263 g/mol. The molecule has 0 aliphatic heterocycles. The van der Waals surface area contributed by atoms with E-state index in [2.05, 4.69) is 15.9 Å². The van der Waals surface area contributed by atoms with Crippen molar-refractivity contribution in [3.8, 4) is 5.75 Å². The molecule has 15 heavy (non-hydrogen) atoms. The maximum Gasteiger partial charge on any atom is 0.166 e. The summed E-state index contributed by atoms with van der Waals surface area (Å²) in [6, 6.07) is 3.15. The number of ether oxygens (including phenoxy) is 1. The highest BCUT2D eigenvalue weighted by Crippen LogP contribution is 2.36. The van der Waals surface area contributed by atoms with Crippen molar-refractivity contribution in [2.45, 2.75) is 25.4 Å². The van der Waals surface area contributed by atoms with Gasteiger partial charge in [0.05, 0.1) is 5.60 Å². The summed E-state index contributed by atoms with van der Waals surface area (Å²) in [5.74, 6) is -0.162. The minimum absolute atomic E-state index is 0.173. The molecule has 82 valence electrons. The van der Waals surface area contributed by atoms with E-state index >= 15 is 0 Å². The van der Waals surface area contributed by atoms with Crippen LogP contribution < -0.4 is 4.74 Å². The molecule has 1 saturated carbocycles. The fourth-order valence-electron chi connectivity index (χ4n) is 1.37. The zero-order valence-electron chi connectivity index (χ0n) is 8.39. The highest BCUT2D eigenvalue weighted by Gasteiger charge is 2.41. The molecule has 2 rings (SSSR count). The molecule has 0 saturated heterocycles. The minimum Gasteiger partial charge on any atom is -0.487 e. The average Bonchev–Trinajstić information content (AvgIpc) is 2.82. The third kappa shape index (κ3) is 2.49. The first-order chi connectivity index (χ1) is 7.00. The Balaban J connectivity index is 2.13. The molecule has 1 aliphatic rings. The van der Waals surface area contributed by atoms with E-state index < -0.39 is 11.4 Å². The third-order valence-corrected chi connectivity index (χ3v) is 2.96. The molecule has 1 aromatic rings. The van der Waals surface area contributed by atoms with Crippen molar-refractivity contribution in [3.63, 3.8) is 0 Å². The summed E-state index contributed by atoms with van der Waals surface area (Å²) in [6.45, 7) is 1.95. The van der Waals surface area contributed by atoms with Gasteiger partial charge in [0.1, 0.15) is 6.61 Å². The highest BCUT2D eigenvalue weighted by molar-refractivity contribution is 9.10. The van der Waals surface area contributed by atoms with Gasteiger partial charge in [-0.1, -0.05) is 15.9 Å². The van der Waals surface area contributed by atoms with Gasteiger partial charge in [-0.25, -0.2) is 4.39 Å². The molecule has 1 N–H and O–H groups in total. The Morgan fingerprint density at radius 3 is 2.73 bits per heavy atom. The molecule has 0 unspecified atom stereocenters. The maximum atomic E-state index is 13.5. The number of halogens is 2. The summed E-state index contributed by atoms with van der Waals surface area (Å²) in [4.78, 5) is 0. The summed E-state index contributed by atoms with van der Waals surface area (Å²) in [5.41, 5.74) is 0.0116. The van der Waals surface area contributed by atoms with Gasteiger partial charge in [-0.2, -0.15) is 0 Å². The Morgan fingerprint density at radius 1 is 1.53 bits per heavy atom. The lowest BCUT2D eigenvalue weighted by atomic mass is 10.2. The smallest absolute Gasteiger partial charge is 0.166 e. The monoisotopic (exact) mass is 274 g/mol. The molecule has 1 aliphatic carbocycles. The van der Waals surface area contributed by atoms with Gasteiger partial charge in [-0.15, -0.1) is 0 Å². The van der Waals surface area contributed by atoms with Gasteiger partial charge in [-0.3, -0.25) is 0 Å². The van der Waals surface area contributed by atoms with Crippen molar-refractivity contribution in [1.82, 2.24) is 0 Å². The molecule has 0 bridgehead atoms. The fraction of sp³-hybridized carbons (Fsp3) is 0.455. The Labute approximate surface area is 96.2 Å². The molecule has 2 nitrogen and oxygen atoms in total. The molecule has 1 aromatic carbocycles. The van der Waals surface area contributed by atoms with E-state index in [0.29, 0.717) is 4.47 Å². The number of benzene rings is 1. The van der Waals surface area contributed by atoms with E-state index in [4.69, 9.17) is 4.74 Å². The number of hydrogen-bond acceptors (Lipinski definition) is 2. The van der Waals surface area contributed by atoms with Crippen LogP contribution in [0, 0.1) is 12.7 Å². The lowest BCUT2D eigenvalue weighted by Gasteiger charge is -2.13. The fourth-order valence-corrected chi connectivity index (χ4v) is 1.91. The zero-order chi connectivity index (χ0) is 11.1. The van der Waals surface area contributed by atoms with Crippen LogP contribution in [0.15, 0.2) is 16.6 Å². The van der Waals surface area contributed by atoms with E-state index in [9.17, 15) is 9.50 Å². The van der Waals surface area contributed by atoms with E-state index in [0.717, 1.165) is 18.4 Å². The molecule has 0 heterocycles. The zero-order valence-corrected chi connectivity index (χ0v) is 9.97. The van der Waals surface area contributed by atoms with Crippen LogP contribution in [0.5, 0.6) is 5.75 Å². The Bertz CT molecular complexity index is 365. The van der Waals surface area contributed by atoms with Crippen molar-refractivity contribution in [1.29, 1.82) is 0 Å². The first kappa shape index (κ1) is 10.9. The lowest BCUT2D eigenvalue weighted by Crippen LogP contribution is -2.19. The van der Waals surface area contributed by atoms with E-state index in [1.165, 1.54) is 6.07 Å². The standard InChI is InChI=1S/C11H12BrFO2/c1-7-4-8(12)5-9(13)10(7)15-6-11(14)2-3-11/h4-5,14H,2-3,6H2,1H3. The second-order valence-corrected chi connectivity index (χ2v) is 4.96. The second kappa shape index (κ2) is 3.76. The van der Waals surface area contributed by atoms with E-state index in [-0.39, 0.29) is 12.4 Å². The van der Waals surface area contributed by atoms with Crippen LogP contribution in [-0.4, -0.2) is 17.3 Å². The summed E-state index contributed by atoms with van der Waals surface area (Å²) in [7, 11) is 0. The van der Waals surface area contributed by atoms with Crippen LogP contribution >= 0.6 is 15.9 Å². The van der Waals surface area contributed by atoms with Gasteiger partial charge in [0, 0.05) is 4.47 Å². The van der Waals surface area contributed by atoms with Crippen molar-refractivity contribution < 1.29 is 14.2 Å². The molecular formula is C11H12BrFO2. The lowest BCUT2D eigenvalue weighted by molar-refractivity contribution is 0.0833. The summed E-state index contributed by atoms with van der Waals surface area (Å²) in [5, 5.41) is 9.57. The molecule has 0 radical (unpaired) electrons. The van der Waals surface area contributed by atoms with Crippen LogP contribution in [0.2, 0.25) is 0 Å². The van der Waals surface area contributed by atoms with Gasteiger partial charge in [0.15, 0.2) is 11.6 Å². The first-order valence-corrected chi connectivity index (χ1v) is 5.60. The summed E-state index contributed by atoms with van der Waals surface area (Å²) >= 11 is 3.21. The van der Waals surface area contributed by atoms with Crippen LogP contribution in [-0.2, 0) is 0 Å². The topological polar surface area (TPSA) is 29.5 Å². The summed E-state index contributed by atoms with van der Waals surface area (Å²) < 4.78 is 19.5. The van der Waals surface area contributed by atoms with Gasteiger partial charge in [-0.05, 0) is 37.5 Å². The first-order valence-electron chi connectivity index (χ1n) is 4.81. The molecule has 0 atom stereocenters. The number of rotatable bonds is 3. The van der Waals surface area contributed by atoms with Crippen molar-refractivity contribution in [2.75, 3.05) is 6.61 Å². The van der Waals surface area contributed by atoms with Crippen molar-refractivity contribution in [3.05, 3.63) is 28.0 Å². The molecule has 0 amide bonds. The van der Waals surface area contributed by atoms with Crippen LogP contribution in [0.25, 0.3) is 0 Å². The van der Waals surface area contributed by atoms with E-state index in [1.54, 1.807) is 13.0 Å². The predicted octanol–water partition coefficient (Wildman–Crippen LogP) is 2.80. The molecule has 1 fully saturated rings. The highest BCUT2D eigenvalue weighted by atomic mass is 79.9. The Morgan fingerprint density at radius 2 is 2.20 bits per heavy atom. The van der Waals surface area contributed by atoms with Crippen molar-refractivity contribution >= 4 is 15.9 Å². The third-order valence-electron chi connectivity index (χ3n) is 2.51. The van der Waals surface area contributed by atoms with Gasteiger partial charge in [0.2, 0.25) is 0 Å². The molecule has 0 spiro atoms. The number of aliphatic hydroxyl groups is 1. The maximum absolute atomic E-state index is 13.5. The van der Waals surface area contributed by atoms with Gasteiger partial charge < -0.3 is 9.84 Å². The second-order valence-electron chi connectivity index (χ2n) is 4.05. The number of hydrogen-bond donors (Lipinski definition) is 1.